The summed E-state index contributed by atoms with van der Waals surface area (Å²) < 4.78 is 11.1. The number of anilines is 1. The number of nitrogens with one attached hydrogen (secondary N) is 1. The molecule has 0 aliphatic heterocycles. The van der Waals surface area contributed by atoms with Gasteiger partial charge in [-0.2, -0.15) is 0 Å². The quantitative estimate of drug-likeness (QED) is 0.668. The summed E-state index contributed by atoms with van der Waals surface area (Å²) in [6, 6.07) is 10.3. The minimum atomic E-state index is -0.148. The van der Waals surface area contributed by atoms with Crippen molar-refractivity contribution in [1.82, 2.24) is 0 Å². The van der Waals surface area contributed by atoms with Crippen LogP contribution in [0, 0.1) is 0 Å². The topological polar surface area (TPSA) is 64.6 Å². The zero-order chi connectivity index (χ0) is 19.1. The van der Waals surface area contributed by atoms with Crippen LogP contribution in [-0.4, -0.2) is 18.8 Å². The van der Waals surface area contributed by atoms with E-state index in [2.05, 4.69) is 5.32 Å². The van der Waals surface area contributed by atoms with Gasteiger partial charge in [0.15, 0.2) is 5.78 Å². The fraction of sp³-hybridized carbons (Fsp3) is 0.300. The van der Waals surface area contributed by atoms with E-state index in [1.807, 2.05) is 6.92 Å². The molecular weight excluding hydrogens is 354 g/mol. The van der Waals surface area contributed by atoms with Crippen molar-refractivity contribution in [1.29, 1.82) is 0 Å². The number of carbonyl (C=O) groups is 2. The van der Waals surface area contributed by atoms with Gasteiger partial charge >= 0.3 is 0 Å². The third kappa shape index (κ3) is 5.23. The Labute approximate surface area is 158 Å². The Morgan fingerprint density at radius 2 is 1.85 bits per heavy atom. The number of hydrogen-bond donors (Lipinski definition) is 1. The van der Waals surface area contributed by atoms with Crippen LogP contribution in [0.1, 0.15) is 42.6 Å². The van der Waals surface area contributed by atoms with Gasteiger partial charge in [0.05, 0.1) is 12.7 Å². The summed E-state index contributed by atoms with van der Waals surface area (Å²) in [5.41, 5.74) is 1.75. The predicted molar refractivity (Wildman–Crippen MR) is 102 cm³/mol. The molecule has 0 bridgehead atoms. The second-order valence-electron chi connectivity index (χ2n) is 5.81. The second kappa shape index (κ2) is 9.25. The molecule has 26 heavy (non-hydrogen) atoms. The summed E-state index contributed by atoms with van der Waals surface area (Å²) in [7, 11) is 1.57. The maximum absolute atomic E-state index is 12.0. The van der Waals surface area contributed by atoms with Crippen LogP contribution in [-0.2, 0) is 11.4 Å². The first-order valence-corrected chi connectivity index (χ1v) is 8.72. The number of ketones is 1. The van der Waals surface area contributed by atoms with Gasteiger partial charge in [-0.15, -0.1) is 0 Å². The summed E-state index contributed by atoms with van der Waals surface area (Å²) >= 11 is 6.03. The third-order valence-electron chi connectivity index (χ3n) is 3.75. The molecule has 0 saturated heterocycles. The lowest BCUT2D eigenvalue weighted by Gasteiger charge is -2.14. The number of hydrogen-bond acceptors (Lipinski definition) is 4. The monoisotopic (exact) mass is 375 g/mol. The van der Waals surface area contributed by atoms with E-state index in [4.69, 9.17) is 21.1 Å². The van der Waals surface area contributed by atoms with Gasteiger partial charge in [0.2, 0.25) is 5.91 Å². The average molecular weight is 376 g/mol. The largest absolute Gasteiger partial charge is 0.496 e. The van der Waals surface area contributed by atoms with Crippen LogP contribution in [0.5, 0.6) is 11.5 Å². The molecule has 0 aromatic heterocycles. The first-order valence-electron chi connectivity index (χ1n) is 8.34. The molecule has 1 N–H and O–H groups in total. The van der Waals surface area contributed by atoms with Crippen LogP contribution in [0.3, 0.4) is 0 Å². The van der Waals surface area contributed by atoms with Gasteiger partial charge < -0.3 is 14.8 Å². The number of benzene rings is 2. The number of carbonyl (C=O) groups excluding carboxylic acids is 2. The maximum Gasteiger partial charge on any atom is 0.224 e. The van der Waals surface area contributed by atoms with Gasteiger partial charge in [0.1, 0.15) is 18.1 Å². The summed E-state index contributed by atoms with van der Waals surface area (Å²) in [5.74, 6) is 0.860. The van der Waals surface area contributed by atoms with Gasteiger partial charge in [-0.25, -0.2) is 0 Å². The minimum Gasteiger partial charge on any atom is -0.496 e. The molecule has 1 amide bonds. The number of rotatable bonds is 8. The van der Waals surface area contributed by atoms with Crippen molar-refractivity contribution >= 4 is 29.0 Å². The molecule has 2 aromatic rings. The van der Waals surface area contributed by atoms with Crippen molar-refractivity contribution in [3.05, 3.63) is 52.5 Å². The Morgan fingerprint density at radius 1 is 1.12 bits per heavy atom. The normalized spacial score (nSPS) is 10.3. The maximum atomic E-state index is 12.0. The van der Waals surface area contributed by atoms with Crippen LogP contribution in [0.2, 0.25) is 5.02 Å². The van der Waals surface area contributed by atoms with Crippen molar-refractivity contribution in [2.45, 2.75) is 33.3 Å². The smallest absolute Gasteiger partial charge is 0.224 e. The molecule has 2 aromatic carbocycles. The van der Waals surface area contributed by atoms with Crippen LogP contribution in [0.4, 0.5) is 5.69 Å². The fourth-order valence-electron chi connectivity index (χ4n) is 2.47. The molecule has 0 aliphatic rings. The SMILES string of the molecule is CCCC(=O)Nc1ccc(OCc2cc(Cl)ccc2OC)c(C(C)=O)c1. The Balaban J connectivity index is 2.20. The van der Waals surface area contributed by atoms with E-state index in [-0.39, 0.29) is 18.3 Å². The van der Waals surface area contributed by atoms with E-state index in [0.717, 1.165) is 12.0 Å². The lowest BCUT2D eigenvalue weighted by molar-refractivity contribution is -0.116. The van der Waals surface area contributed by atoms with Crippen molar-refractivity contribution < 1.29 is 19.1 Å². The highest BCUT2D eigenvalue weighted by Gasteiger charge is 2.13. The number of Topliss-reactive ketones (excluding diaryl/α,β-unsaturated/α-hetero) is 1. The highest BCUT2D eigenvalue weighted by atomic mass is 35.5. The molecule has 0 heterocycles. The molecule has 5 nitrogen and oxygen atoms in total. The molecule has 0 unspecified atom stereocenters. The molecule has 0 saturated carbocycles. The first-order chi connectivity index (χ1) is 12.4. The Bertz CT molecular complexity index is 804. The van der Waals surface area contributed by atoms with Gasteiger partial charge in [-0.3, -0.25) is 9.59 Å². The number of halogens is 1. The molecule has 0 fully saturated rings. The number of methoxy groups -OCH3 is 1. The van der Waals surface area contributed by atoms with E-state index >= 15 is 0 Å². The summed E-state index contributed by atoms with van der Waals surface area (Å²) in [4.78, 5) is 23.7. The van der Waals surface area contributed by atoms with Crippen LogP contribution in [0.15, 0.2) is 36.4 Å². The van der Waals surface area contributed by atoms with Crippen molar-refractivity contribution in [2.75, 3.05) is 12.4 Å². The first kappa shape index (κ1) is 19.8. The number of amides is 1. The van der Waals surface area contributed by atoms with E-state index in [1.165, 1.54) is 6.92 Å². The summed E-state index contributed by atoms with van der Waals surface area (Å²) in [5, 5.41) is 3.35. The zero-order valence-electron chi connectivity index (χ0n) is 15.1. The zero-order valence-corrected chi connectivity index (χ0v) is 15.9. The van der Waals surface area contributed by atoms with E-state index in [0.29, 0.717) is 34.2 Å². The third-order valence-corrected chi connectivity index (χ3v) is 3.98. The lowest BCUT2D eigenvalue weighted by Crippen LogP contribution is -2.11. The summed E-state index contributed by atoms with van der Waals surface area (Å²) in [6.07, 6.45) is 1.19. The van der Waals surface area contributed by atoms with Crippen LogP contribution < -0.4 is 14.8 Å². The Kier molecular flexibility index (Phi) is 7.04. The van der Waals surface area contributed by atoms with Gasteiger partial charge in [-0.1, -0.05) is 18.5 Å². The fourth-order valence-corrected chi connectivity index (χ4v) is 2.67. The Morgan fingerprint density at radius 3 is 2.50 bits per heavy atom. The molecule has 0 atom stereocenters. The van der Waals surface area contributed by atoms with Crippen molar-refractivity contribution in [2.24, 2.45) is 0 Å². The standard InChI is InChI=1S/C20H22ClNO4/c1-4-5-20(24)22-16-7-9-19(17(11-16)13(2)23)26-12-14-10-15(21)6-8-18(14)25-3/h6-11H,4-5,12H2,1-3H3,(H,22,24). The van der Waals surface area contributed by atoms with Gasteiger partial charge in [0, 0.05) is 22.7 Å². The molecule has 0 radical (unpaired) electrons. The van der Waals surface area contributed by atoms with E-state index in [9.17, 15) is 9.59 Å². The highest BCUT2D eigenvalue weighted by Crippen LogP contribution is 2.28. The van der Waals surface area contributed by atoms with Crippen LogP contribution in [0.25, 0.3) is 0 Å². The molecule has 2 rings (SSSR count). The van der Waals surface area contributed by atoms with Gasteiger partial charge in [0.25, 0.3) is 0 Å². The molecular formula is C20H22ClNO4. The highest BCUT2D eigenvalue weighted by molar-refractivity contribution is 6.30. The van der Waals surface area contributed by atoms with E-state index < -0.39 is 0 Å². The summed E-state index contributed by atoms with van der Waals surface area (Å²) in [6.45, 7) is 3.59. The van der Waals surface area contributed by atoms with Crippen molar-refractivity contribution in [3.63, 3.8) is 0 Å². The molecule has 138 valence electrons. The molecule has 0 spiro atoms. The van der Waals surface area contributed by atoms with Gasteiger partial charge in [-0.05, 0) is 49.7 Å². The van der Waals surface area contributed by atoms with Crippen molar-refractivity contribution in [3.8, 4) is 11.5 Å². The second-order valence-corrected chi connectivity index (χ2v) is 6.25. The molecule has 6 heteroatoms. The lowest BCUT2D eigenvalue weighted by atomic mass is 10.1. The predicted octanol–water partition coefficient (Wildman–Crippen LogP) is 4.87. The van der Waals surface area contributed by atoms with E-state index in [1.54, 1.807) is 43.5 Å². The number of ether oxygens (including phenoxy) is 2. The minimum absolute atomic E-state index is 0.0839. The Hall–Kier alpha value is -2.53. The molecule has 0 aliphatic carbocycles. The van der Waals surface area contributed by atoms with Crippen LogP contribution >= 0.6 is 11.6 Å². The average Bonchev–Trinajstić information content (AvgIpc) is 2.60.